The first-order valence-corrected chi connectivity index (χ1v) is 7.36. The van der Waals surface area contributed by atoms with Crippen LogP contribution in [-0.2, 0) is 0 Å². The van der Waals surface area contributed by atoms with E-state index in [1.807, 2.05) is 0 Å². The topological polar surface area (TPSA) is 53.5 Å². The Balaban J connectivity index is 1.51. The average molecular weight is 326 g/mol. The Labute approximate surface area is 138 Å². The van der Waals surface area contributed by atoms with E-state index in [9.17, 15) is 4.39 Å². The third-order valence-electron chi connectivity index (χ3n) is 2.96. The first-order chi connectivity index (χ1) is 11.8. The minimum atomic E-state index is -0.347. The van der Waals surface area contributed by atoms with Gasteiger partial charge in [0.1, 0.15) is 36.3 Å². The average Bonchev–Trinajstić information content (AvgIpc) is 2.60. The van der Waals surface area contributed by atoms with Crippen molar-refractivity contribution in [3.05, 3.63) is 72.8 Å². The lowest BCUT2D eigenvalue weighted by Crippen LogP contribution is -2.10. The van der Waals surface area contributed by atoms with E-state index < -0.39 is 0 Å². The predicted octanol–water partition coefficient (Wildman–Crippen LogP) is 3.87. The second-order valence-electron chi connectivity index (χ2n) is 4.76. The summed E-state index contributed by atoms with van der Waals surface area (Å²) in [6.07, 6.45) is 3.22. The van der Waals surface area contributed by atoms with Crippen molar-refractivity contribution in [2.45, 2.75) is 0 Å². The molecule has 0 unspecified atom stereocenters. The van der Waals surface area contributed by atoms with Gasteiger partial charge in [-0.3, -0.25) is 0 Å². The second-order valence-corrected chi connectivity index (χ2v) is 4.76. The maximum absolute atomic E-state index is 13.2. The van der Waals surface area contributed by atoms with Gasteiger partial charge in [0.25, 0.3) is 0 Å². The number of hydrogen-bond donors (Lipinski definition) is 0. The van der Waals surface area contributed by atoms with Crippen LogP contribution in [-0.4, -0.2) is 23.2 Å². The van der Waals surface area contributed by atoms with Crippen molar-refractivity contribution in [3.8, 4) is 23.3 Å². The molecule has 1 heterocycles. The number of halogens is 1. The van der Waals surface area contributed by atoms with Gasteiger partial charge in [-0.25, -0.2) is 14.4 Å². The van der Waals surface area contributed by atoms with E-state index in [1.165, 1.54) is 12.1 Å². The fourth-order valence-corrected chi connectivity index (χ4v) is 1.95. The van der Waals surface area contributed by atoms with Crippen molar-refractivity contribution in [1.29, 1.82) is 0 Å². The molecule has 122 valence electrons. The summed E-state index contributed by atoms with van der Waals surface area (Å²) in [5.74, 6) is 1.27. The number of hydrogen-bond acceptors (Lipinski definition) is 5. The maximum Gasteiger partial charge on any atom is 0.316 e. The van der Waals surface area contributed by atoms with Crippen molar-refractivity contribution in [3.63, 3.8) is 0 Å². The van der Waals surface area contributed by atoms with Crippen LogP contribution in [0.25, 0.3) is 0 Å². The highest BCUT2D eigenvalue weighted by Gasteiger charge is 2.02. The van der Waals surface area contributed by atoms with Crippen LogP contribution in [0.5, 0.6) is 23.3 Å². The molecule has 3 aromatic rings. The summed E-state index contributed by atoms with van der Waals surface area (Å²) in [4.78, 5) is 7.90. The van der Waals surface area contributed by atoms with Crippen LogP contribution in [0.4, 0.5) is 4.39 Å². The Morgan fingerprint density at radius 2 is 1.42 bits per heavy atom. The molecule has 0 radical (unpaired) electrons. The quantitative estimate of drug-likeness (QED) is 0.617. The summed E-state index contributed by atoms with van der Waals surface area (Å²) in [5.41, 5.74) is 0. The minimum Gasteiger partial charge on any atom is -0.490 e. The zero-order valence-electron chi connectivity index (χ0n) is 12.8. The van der Waals surface area contributed by atoms with Crippen molar-refractivity contribution in [1.82, 2.24) is 9.97 Å². The molecule has 0 bridgehead atoms. The van der Waals surface area contributed by atoms with Gasteiger partial charge < -0.3 is 14.2 Å². The summed E-state index contributed by atoms with van der Waals surface area (Å²) in [6.45, 7) is 0.653. The summed E-state index contributed by atoms with van der Waals surface area (Å²) in [5, 5.41) is 0. The monoisotopic (exact) mass is 326 g/mol. The Morgan fingerprint density at radius 1 is 0.750 bits per heavy atom. The van der Waals surface area contributed by atoms with E-state index in [4.69, 9.17) is 14.2 Å². The van der Waals surface area contributed by atoms with E-state index in [0.717, 1.165) is 0 Å². The number of benzene rings is 2. The molecule has 3 rings (SSSR count). The molecule has 2 aromatic carbocycles. The van der Waals surface area contributed by atoms with E-state index in [0.29, 0.717) is 36.5 Å². The van der Waals surface area contributed by atoms with E-state index >= 15 is 0 Å². The van der Waals surface area contributed by atoms with Gasteiger partial charge in [0.05, 0.1) is 0 Å². The molecule has 0 saturated heterocycles. The summed E-state index contributed by atoms with van der Waals surface area (Å²) >= 11 is 0. The Kier molecular flexibility index (Phi) is 5.19. The molecule has 0 spiro atoms. The van der Waals surface area contributed by atoms with Crippen molar-refractivity contribution < 1.29 is 18.6 Å². The van der Waals surface area contributed by atoms with Gasteiger partial charge in [0.2, 0.25) is 0 Å². The SMILES string of the molecule is Fc1cccc(Oc2cccc(OCCOc3ncccn3)c2)c1. The normalized spacial score (nSPS) is 10.2. The molecule has 0 N–H and O–H groups in total. The van der Waals surface area contributed by atoms with Crippen LogP contribution in [0.3, 0.4) is 0 Å². The van der Waals surface area contributed by atoms with E-state index in [-0.39, 0.29) is 5.82 Å². The van der Waals surface area contributed by atoms with Crippen LogP contribution < -0.4 is 14.2 Å². The standard InChI is InChI=1S/C18H15FN2O3/c19-14-4-1-6-16(12-14)24-17-7-2-5-15(13-17)22-10-11-23-18-20-8-3-9-21-18/h1-9,12-13H,10-11H2. The molecular formula is C18H15FN2O3. The highest BCUT2D eigenvalue weighted by Crippen LogP contribution is 2.25. The molecule has 1 aromatic heterocycles. The summed E-state index contributed by atoms with van der Waals surface area (Å²) in [7, 11) is 0. The minimum absolute atomic E-state index is 0.310. The number of aromatic nitrogens is 2. The van der Waals surface area contributed by atoms with Crippen LogP contribution in [0.15, 0.2) is 67.0 Å². The zero-order valence-corrected chi connectivity index (χ0v) is 12.8. The molecule has 0 amide bonds. The Morgan fingerprint density at radius 3 is 2.21 bits per heavy atom. The third-order valence-corrected chi connectivity index (χ3v) is 2.96. The third kappa shape index (κ3) is 4.67. The smallest absolute Gasteiger partial charge is 0.316 e. The molecule has 0 aliphatic heterocycles. The zero-order chi connectivity index (χ0) is 16.6. The first kappa shape index (κ1) is 15.7. The van der Waals surface area contributed by atoms with E-state index in [1.54, 1.807) is 54.9 Å². The molecule has 0 aliphatic rings. The van der Waals surface area contributed by atoms with Crippen LogP contribution in [0, 0.1) is 5.82 Å². The highest BCUT2D eigenvalue weighted by atomic mass is 19.1. The van der Waals surface area contributed by atoms with E-state index in [2.05, 4.69) is 9.97 Å². The van der Waals surface area contributed by atoms with Gasteiger partial charge in [0, 0.05) is 24.5 Å². The second kappa shape index (κ2) is 7.92. The molecule has 0 fully saturated rings. The van der Waals surface area contributed by atoms with Gasteiger partial charge >= 0.3 is 6.01 Å². The largest absolute Gasteiger partial charge is 0.490 e. The van der Waals surface area contributed by atoms with Gasteiger partial charge in [0.15, 0.2) is 0 Å². The van der Waals surface area contributed by atoms with Crippen molar-refractivity contribution in [2.24, 2.45) is 0 Å². The maximum atomic E-state index is 13.2. The summed E-state index contributed by atoms with van der Waals surface area (Å²) in [6, 6.07) is 15.1. The lowest BCUT2D eigenvalue weighted by Gasteiger charge is -2.09. The molecule has 0 saturated carbocycles. The molecule has 24 heavy (non-hydrogen) atoms. The van der Waals surface area contributed by atoms with Crippen LogP contribution >= 0.6 is 0 Å². The molecule has 0 atom stereocenters. The van der Waals surface area contributed by atoms with Gasteiger partial charge in [-0.05, 0) is 30.3 Å². The van der Waals surface area contributed by atoms with Gasteiger partial charge in [-0.2, -0.15) is 0 Å². The molecular weight excluding hydrogens is 311 g/mol. The van der Waals surface area contributed by atoms with Crippen LogP contribution in [0.1, 0.15) is 0 Å². The molecule has 5 nitrogen and oxygen atoms in total. The van der Waals surface area contributed by atoms with Crippen molar-refractivity contribution >= 4 is 0 Å². The fraction of sp³-hybridized carbons (Fsp3) is 0.111. The fourth-order valence-electron chi connectivity index (χ4n) is 1.95. The van der Waals surface area contributed by atoms with Crippen LogP contribution in [0.2, 0.25) is 0 Å². The first-order valence-electron chi connectivity index (χ1n) is 7.36. The Hall–Kier alpha value is -3.15. The molecule has 6 heteroatoms. The van der Waals surface area contributed by atoms with Crippen molar-refractivity contribution in [2.75, 3.05) is 13.2 Å². The van der Waals surface area contributed by atoms with Gasteiger partial charge in [-0.15, -0.1) is 0 Å². The van der Waals surface area contributed by atoms with Gasteiger partial charge in [-0.1, -0.05) is 12.1 Å². The summed E-state index contributed by atoms with van der Waals surface area (Å²) < 4.78 is 29.7. The molecule has 0 aliphatic carbocycles. The number of rotatable bonds is 7. The number of ether oxygens (including phenoxy) is 3. The highest BCUT2D eigenvalue weighted by molar-refractivity contribution is 5.36. The Bertz CT molecular complexity index is 784. The lowest BCUT2D eigenvalue weighted by atomic mass is 10.3. The predicted molar refractivity (Wildman–Crippen MR) is 85.9 cm³/mol. The number of nitrogens with zero attached hydrogens (tertiary/aromatic N) is 2. The lowest BCUT2D eigenvalue weighted by molar-refractivity contribution is 0.205.